The number of non-ortho nitro benzene ring substituents is 1. The van der Waals surface area contributed by atoms with Crippen LogP contribution in [0.15, 0.2) is 82.2 Å². The fourth-order valence-electron chi connectivity index (χ4n) is 3.17. The number of para-hydroxylation sites is 1. The van der Waals surface area contributed by atoms with Gasteiger partial charge < -0.3 is 9.26 Å². The zero-order chi connectivity index (χ0) is 25.0. The second kappa shape index (κ2) is 9.73. The van der Waals surface area contributed by atoms with E-state index in [4.69, 9.17) is 9.26 Å². The van der Waals surface area contributed by atoms with Crippen LogP contribution in [-0.4, -0.2) is 29.5 Å². The second-order valence-corrected chi connectivity index (χ2v) is 8.99. The number of nitrogens with zero attached hydrogens (tertiary/aromatic N) is 3. The minimum Gasteiger partial charge on any atom is -0.452 e. The highest BCUT2D eigenvalue weighted by atomic mass is 32.2. The number of aryl methyl sites for hydroxylation is 1. The third-order valence-corrected chi connectivity index (χ3v) is 6.27. The largest absolute Gasteiger partial charge is 0.452 e. The van der Waals surface area contributed by atoms with E-state index in [2.05, 4.69) is 14.9 Å². The molecule has 1 heterocycles. The molecule has 0 radical (unpaired) electrons. The number of hydrogen-bond acceptors (Lipinski definition) is 9. The van der Waals surface area contributed by atoms with Crippen molar-refractivity contribution in [3.05, 3.63) is 99.9 Å². The number of aromatic nitrogens is 2. The van der Waals surface area contributed by atoms with E-state index in [9.17, 15) is 23.3 Å². The first-order valence-corrected chi connectivity index (χ1v) is 11.6. The molecule has 0 bridgehead atoms. The second-order valence-electron chi connectivity index (χ2n) is 7.31. The van der Waals surface area contributed by atoms with E-state index in [1.807, 2.05) is 31.2 Å². The number of nitro benzene ring substituents is 1. The van der Waals surface area contributed by atoms with Crippen molar-refractivity contribution in [1.29, 1.82) is 0 Å². The van der Waals surface area contributed by atoms with Gasteiger partial charge in [0.15, 0.2) is 6.61 Å². The van der Waals surface area contributed by atoms with E-state index in [0.29, 0.717) is 5.82 Å². The first-order valence-electron chi connectivity index (χ1n) is 10.2. The maximum atomic E-state index is 12.8. The normalized spacial score (nSPS) is 11.1. The van der Waals surface area contributed by atoms with Gasteiger partial charge >= 0.3 is 5.97 Å². The molecule has 0 saturated heterocycles. The summed E-state index contributed by atoms with van der Waals surface area (Å²) in [6, 6.07) is 17.8. The third kappa shape index (κ3) is 5.33. The van der Waals surface area contributed by atoms with Gasteiger partial charge in [0.05, 0.1) is 21.1 Å². The van der Waals surface area contributed by atoms with Crippen molar-refractivity contribution in [2.45, 2.75) is 18.4 Å². The summed E-state index contributed by atoms with van der Waals surface area (Å²) in [5, 5.41) is 14.9. The summed E-state index contributed by atoms with van der Waals surface area (Å²) in [4.78, 5) is 26.9. The van der Waals surface area contributed by atoms with Gasteiger partial charge in [-0.25, -0.2) is 13.2 Å². The number of sulfonamides is 1. The van der Waals surface area contributed by atoms with E-state index in [1.54, 1.807) is 0 Å². The molecule has 178 valence electrons. The highest BCUT2D eigenvalue weighted by Crippen LogP contribution is 2.24. The highest BCUT2D eigenvalue weighted by molar-refractivity contribution is 7.92. The molecular formula is C23H18N4O7S. The maximum Gasteiger partial charge on any atom is 0.340 e. The first-order chi connectivity index (χ1) is 16.7. The van der Waals surface area contributed by atoms with Crippen LogP contribution < -0.4 is 4.72 Å². The number of esters is 1. The zero-order valence-electron chi connectivity index (χ0n) is 18.2. The molecule has 3 aromatic carbocycles. The minimum atomic E-state index is -4.23. The van der Waals surface area contributed by atoms with E-state index >= 15 is 0 Å². The molecule has 0 aliphatic heterocycles. The van der Waals surface area contributed by atoms with Gasteiger partial charge in [0.2, 0.25) is 5.82 Å². The summed E-state index contributed by atoms with van der Waals surface area (Å²) < 4.78 is 38.2. The van der Waals surface area contributed by atoms with E-state index in [-0.39, 0.29) is 34.3 Å². The van der Waals surface area contributed by atoms with Crippen molar-refractivity contribution in [1.82, 2.24) is 10.1 Å². The number of carbonyl (C=O) groups excluding carboxylic acids is 1. The fourth-order valence-corrected chi connectivity index (χ4v) is 4.29. The zero-order valence-corrected chi connectivity index (χ0v) is 19.1. The predicted octanol–water partition coefficient (Wildman–Crippen LogP) is 4.11. The van der Waals surface area contributed by atoms with Crippen LogP contribution in [0.3, 0.4) is 0 Å². The lowest BCUT2D eigenvalue weighted by atomic mass is 10.1. The van der Waals surface area contributed by atoms with Gasteiger partial charge in [0.1, 0.15) is 0 Å². The number of anilines is 1. The van der Waals surface area contributed by atoms with Gasteiger partial charge in [-0.1, -0.05) is 47.6 Å². The maximum absolute atomic E-state index is 12.8. The number of carbonyl (C=O) groups is 1. The van der Waals surface area contributed by atoms with Gasteiger partial charge in [-0.15, -0.1) is 0 Å². The Morgan fingerprint density at radius 1 is 1.09 bits per heavy atom. The molecule has 0 aliphatic rings. The van der Waals surface area contributed by atoms with Gasteiger partial charge in [-0.05, 0) is 30.7 Å². The summed E-state index contributed by atoms with van der Waals surface area (Å²) in [5.41, 5.74) is 1.21. The average Bonchev–Trinajstić information content (AvgIpc) is 3.32. The van der Waals surface area contributed by atoms with Crippen molar-refractivity contribution in [2.75, 3.05) is 4.72 Å². The number of hydrogen-bond donors (Lipinski definition) is 1. The Hall–Kier alpha value is -4.58. The van der Waals surface area contributed by atoms with Crippen molar-refractivity contribution >= 4 is 27.4 Å². The first kappa shape index (κ1) is 23.6. The Balaban J connectivity index is 1.49. The molecule has 0 unspecified atom stereocenters. The third-order valence-electron chi connectivity index (χ3n) is 4.91. The quantitative estimate of drug-likeness (QED) is 0.216. The molecule has 1 aromatic heterocycles. The van der Waals surface area contributed by atoms with Gasteiger partial charge in [-0.3, -0.25) is 14.8 Å². The number of ether oxygens (including phenoxy) is 1. The lowest BCUT2D eigenvalue weighted by Crippen LogP contribution is -2.16. The Bertz CT molecular complexity index is 1520. The molecule has 35 heavy (non-hydrogen) atoms. The Morgan fingerprint density at radius 2 is 1.83 bits per heavy atom. The number of nitro groups is 1. The van der Waals surface area contributed by atoms with Gasteiger partial charge in [-0.2, -0.15) is 4.98 Å². The molecular weight excluding hydrogens is 476 g/mol. The lowest BCUT2D eigenvalue weighted by molar-refractivity contribution is -0.385. The molecule has 4 rings (SSSR count). The number of rotatable bonds is 8. The van der Waals surface area contributed by atoms with Crippen LogP contribution in [-0.2, 0) is 21.4 Å². The van der Waals surface area contributed by atoms with Crippen LogP contribution in [0.5, 0.6) is 0 Å². The molecule has 0 fully saturated rings. The molecule has 1 N–H and O–H groups in total. The summed E-state index contributed by atoms with van der Waals surface area (Å²) >= 11 is 0. The lowest BCUT2D eigenvalue weighted by Gasteiger charge is -2.12. The number of benzene rings is 3. The topological polar surface area (TPSA) is 155 Å². The standard InChI is InChI=1S/C23H18N4O7S/c1-15-7-2-3-10-18(15)22-24-21(34-25-22)14-33-23(28)19-11-4-5-12-20(19)26-35(31,32)17-9-6-8-16(13-17)27(29)30/h2-13,26H,14H2,1H3. The molecule has 12 heteroatoms. The molecule has 4 aromatic rings. The smallest absolute Gasteiger partial charge is 0.340 e. The summed E-state index contributed by atoms with van der Waals surface area (Å²) in [5.74, 6) is -0.427. The van der Waals surface area contributed by atoms with Crippen molar-refractivity contribution in [3.8, 4) is 11.4 Å². The van der Waals surface area contributed by atoms with Crippen LogP contribution in [0.1, 0.15) is 21.8 Å². The van der Waals surface area contributed by atoms with Crippen LogP contribution >= 0.6 is 0 Å². The van der Waals surface area contributed by atoms with Gasteiger partial charge in [0.25, 0.3) is 21.6 Å². The van der Waals surface area contributed by atoms with E-state index in [1.165, 1.54) is 42.5 Å². The molecule has 0 amide bonds. The predicted molar refractivity (Wildman–Crippen MR) is 124 cm³/mol. The van der Waals surface area contributed by atoms with Gasteiger partial charge in [0, 0.05) is 17.7 Å². The monoisotopic (exact) mass is 494 g/mol. The molecule has 0 aliphatic carbocycles. The van der Waals surface area contributed by atoms with E-state index < -0.39 is 20.9 Å². The minimum absolute atomic E-state index is 0.0601. The van der Waals surface area contributed by atoms with E-state index in [0.717, 1.165) is 17.2 Å². The molecule has 0 spiro atoms. The summed E-state index contributed by atoms with van der Waals surface area (Å²) in [6.07, 6.45) is 0. The van der Waals surface area contributed by atoms with Crippen molar-refractivity contribution in [3.63, 3.8) is 0 Å². The van der Waals surface area contributed by atoms with Crippen LogP contribution in [0.4, 0.5) is 11.4 Å². The molecule has 0 saturated carbocycles. The van der Waals surface area contributed by atoms with Crippen LogP contribution in [0, 0.1) is 17.0 Å². The average molecular weight is 494 g/mol. The highest BCUT2D eigenvalue weighted by Gasteiger charge is 2.22. The van der Waals surface area contributed by atoms with Crippen molar-refractivity contribution < 1.29 is 27.4 Å². The summed E-state index contributed by atoms with van der Waals surface area (Å²) in [6.45, 7) is 1.57. The van der Waals surface area contributed by atoms with Crippen molar-refractivity contribution in [2.24, 2.45) is 0 Å². The fraction of sp³-hybridized carbons (Fsp3) is 0.0870. The SMILES string of the molecule is Cc1ccccc1-c1noc(COC(=O)c2ccccc2NS(=O)(=O)c2cccc([N+](=O)[O-])c2)n1. The van der Waals surface area contributed by atoms with Crippen LogP contribution in [0.25, 0.3) is 11.4 Å². The Kier molecular flexibility index (Phi) is 6.55. The Morgan fingerprint density at radius 3 is 2.60 bits per heavy atom. The molecule has 0 atom stereocenters. The molecule has 11 nitrogen and oxygen atoms in total. The number of nitrogens with one attached hydrogen (secondary N) is 1. The Labute approximate surface area is 199 Å². The summed E-state index contributed by atoms with van der Waals surface area (Å²) in [7, 11) is -4.23. The van der Waals surface area contributed by atoms with Crippen LogP contribution in [0.2, 0.25) is 0 Å².